The van der Waals surface area contributed by atoms with Crippen LogP contribution in [0.4, 0.5) is 11.6 Å². The third-order valence-electron chi connectivity index (χ3n) is 7.91. The molecule has 4 N–H and O–H groups in total. The van der Waals surface area contributed by atoms with E-state index >= 15 is 0 Å². The highest BCUT2D eigenvalue weighted by atomic mass is 32.1. The third-order valence-corrected chi connectivity index (χ3v) is 8.22. The summed E-state index contributed by atoms with van der Waals surface area (Å²) in [6, 6.07) is 15.6. The first kappa shape index (κ1) is 28.4. The number of hydrogen-bond donors (Lipinski definition) is 3. The van der Waals surface area contributed by atoms with Crippen LogP contribution in [0.1, 0.15) is 10.5 Å². The van der Waals surface area contributed by atoms with Gasteiger partial charge in [-0.2, -0.15) is 0 Å². The molecular weight excluding hydrogens is 564 g/mol. The quantitative estimate of drug-likeness (QED) is 0.226. The molecule has 0 bridgehead atoms. The zero-order valence-corrected chi connectivity index (χ0v) is 25.2. The number of H-pyrrole nitrogens is 1. The maximum Gasteiger partial charge on any atom is 0.267 e. The summed E-state index contributed by atoms with van der Waals surface area (Å²) < 4.78 is 12.8. The molecule has 0 atom stereocenters. The van der Waals surface area contributed by atoms with E-state index in [0.29, 0.717) is 51.8 Å². The van der Waals surface area contributed by atoms with Crippen molar-refractivity contribution in [3.8, 4) is 22.6 Å². The van der Waals surface area contributed by atoms with Crippen LogP contribution in [-0.4, -0.2) is 84.3 Å². The van der Waals surface area contributed by atoms with E-state index in [4.69, 9.17) is 32.4 Å². The SMILES string of the molecule is COc1cc2nc(=S)n(CCNC(=O)c3cc4ccc(-c5ccc(N6CCN(C)CC6)nc5)cc4[nH]3)c(N)c2cc1OC. The van der Waals surface area contributed by atoms with E-state index in [1.807, 2.05) is 30.5 Å². The normalized spacial score (nSPS) is 13.9. The topological polar surface area (TPSA) is 127 Å². The highest BCUT2D eigenvalue weighted by Crippen LogP contribution is 2.33. The summed E-state index contributed by atoms with van der Waals surface area (Å²) in [6.45, 7) is 4.70. The Hall–Kier alpha value is -4.68. The summed E-state index contributed by atoms with van der Waals surface area (Å²) in [7, 11) is 5.27. The number of rotatable bonds is 8. The lowest BCUT2D eigenvalue weighted by atomic mass is 10.1. The summed E-state index contributed by atoms with van der Waals surface area (Å²) in [4.78, 5) is 30.2. The molecule has 43 heavy (non-hydrogen) atoms. The Balaban J connectivity index is 1.13. The van der Waals surface area contributed by atoms with Crippen molar-refractivity contribution < 1.29 is 14.3 Å². The number of carbonyl (C=O) groups is 1. The molecule has 2 aromatic carbocycles. The highest BCUT2D eigenvalue weighted by molar-refractivity contribution is 7.71. The number of anilines is 2. The average Bonchev–Trinajstić information content (AvgIpc) is 3.46. The molecule has 0 radical (unpaired) electrons. The molecule has 1 amide bonds. The van der Waals surface area contributed by atoms with Gasteiger partial charge in [0.25, 0.3) is 5.91 Å². The second-order valence-electron chi connectivity index (χ2n) is 10.6. The monoisotopic (exact) mass is 598 g/mol. The lowest BCUT2D eigenvalue weighted by Gasteiger charge is -2.33. The van der Waals surface area contributed by atoms with E-state index < -0.39 is 0 Å². The minimum Gasteiger partial charge on any atom is -0.493 e. The molecular formula is C31H34N8O3S. The number of nitrogens with one attached hydrogen (secondary N) is 2. The van der Waals surface area contributed by atoms with Crippen molar-refractivity contribution in [2.24, 2.45) is 0 Å². The number of amides is 1. The second kappa shape index (κ2) is 11.9. The van der Waals surface area contributed by atoms with E-state index in [0.717, 1.165) is 54.0 Å². The van der Waals surface area contributed by atoms with E-state index in [1.165, 1.54) is 0 Å². The van der Waals surface area contributed by atoms with Crippen LogP contribution < -0.4 is 25.4 Å². The Morgan fingerprint density at radius 2 is 1.77 bits per heavy atom. The number of piperazine rings is 1. The summed E-state index contributed by atoms with van der Waals surface area (Å²) >= 11 is 5.49. The maximum atomic E-state index is 13.0. The largest absolute Gasteiger partial charge is 0.493 e. The van der Waals surface area contributed by atoms with Crippen LogP contribution in [0.3, 0.4) is 0 Å². The Morgan fingerprint density at radius 1 is 1.02 bits per heavy atom. The number of nitrogen functional groups attached to an aromatic ring is 1. The van der Waals surface area contributed by atoms with Crippen molar-refractivity contribution >= 4 is 51.6 Å². The summed E-state index contributed by atoms with van der Waals surface area (Å²) in [5.74, 6) is 2.30. The van der Waals surface area contributed by atoms with Crippen molar-refractivity contribution in [1.82, 2.24) is 29.7 Å². The van der Waals surface area contributed by atoms with Gasteiger partial charge in [0.15, 0.2) is 11.5 Å². The van der Waals surface area contributed by atoms with Gasteiger partial charge in [0, 0.05) is 73.4 Å². The van der Waals surface area contributed by atoms with Crippen LogP contribution in [0.2, 0.25) is 0 Å². The number of methoxy groups -OCH3 is 2. The fourth-order valence-corrected chi connectivity index (χ4v) is 5.67. The molecule has 12 heteroatoms. The molecule has 1 saturated heterocycles. The number of hydrogen-bond acceptors (Lipinski definition) is 9. The van der Waals surface area contributed by atoms with Gasteiger partial charge < -0.3 is 39.9 Å². The number of pyridine rings is 1. The second-order valence-corrected chi connectivity index (χ2v) is 11.0. The van der Waals surface area contributed by atoms with Crippen LogP contribution in [-0.2, 0) is 6.54 Å². The maximum absolute atomic E-state index is 13.0. The summed E-state index contributed by atoms with van der Waals surface area (Å²) in [6.07, 6.45) is 1.91. The summed E-state index contributed by atoms with van der Waals surface area (Å²) in [5.41, 5.74) is 10.5. The molecule has 5 aromatic rings. The third kappa shape index (κ3) is 5.71. The van der Waals surface area contributed by atoms with Gasteiger partial charge in [0.1, 0.15) is 17.3 Å². The number of nitrogens with zero attached hydrogens (tertiary/aromatic N) is 5. The van der Waals surface area contributed by atoms with E-state index in [-0.39, 0.29) is 5.91 Å². The van der Waals surface area contributed by atoms with Crippen LogP contribution >= 0.6 is 12.2 Å². The molecule has 6 rings (SSSR count). The Kier molecular flexibility index (Phi) is 7.87. The zero-order valence-electron chi connectivity index (χ0n) is 24.4. The first-order valence-electron chi connectivity index (χ1n) is 14.1. The summed E-state index contributed by atoms with van der Waals surface area (Å²) in [5, 5.41) is 4.59. The molecule has 222 valence electrons. The van der Waals surface area contributed by atoms with Gasteiger partial charge in [-0.15, -0.1) is 0 Å². The molecule has 4 heterocycles. The van der Waals surface area contributed by atoms with Gasteiger partial charge in [0.05, 0.1) is 19.7 Å². The van der Waals surface area contributed by atoms with Crippen LogP contribution in [0.5, 0.6) is 11.5 Å². The smallest absolute Gasteiger partial charge is 0.267 e. The van der Waals surface area contributed by atoms with Crippen molar-refractivity contribution in [3.63, 3.8) is 0 Å². The predicted octanol–water partition coefficient (Wildman–Crippen LogP) is 4.09. The first-order valence-corrected chi connectivity index (χ1v) is 14.5. The van der Waals surface area contributed by atoms with E-state index in [1.54, 1.807) is 30.9 Å². The first-order chi connectivity index (χ1) is 20.8. The Bertz CT molecular complexity index is 1860. The fraction of sp³-hybridized carbons (Fsp3) is 0.290. The van der Waals surface area contributed by atoms with Crippen molar-refractivity contribution in [1.29, 1.82) is 0 Å². The molecule has 1 fully saturated rings. The van der Waals surface area contributed by atoms with Gasteiger partial charge in [-0.25, -0.2) is 9.97 Å². The van der Waals surface area contributed by atoms with Gasteiger partial charge in [-0.3, -0.25) is 4.79 Å². The number of ether oxygens (including phenoxy) is 2. The van der Waals surface area contributed by atoms with Crippen molar-refractivity contribution in [2.75, 3.05) is 64.6 Å². The lowest BCUT2D eigenvalue weighted by molar-refractivity contribution is 0.0948. The molecule has 1 aliphatic rings. The standard InChI is InChI=1S/C31H34N8O3S/c1-37-10-12-38(13-11-37)28-7-6-21(18-34-28)19-4-5-20-15-25(35-23(20)14-19)30(40)33-8-9-39-29(32)22-16-26(41-2)27(42-3)17-24(22)36-31(39)43/h4-7,14-18,35H,8-13,32H2,1-3H3,(H,33,40). The number of fused-ring (bicyclic) bond motifs is 2. The number of benzene rings is 2. The number of nitrogens with two attached hydrogens (primary N) is 1. The van der Waals surface area contributed by atoms with E-state index in [2.05, 4.69) is 44.3 Å². The molecule has 11 nitrogen and oxygen atoms in total. The molecule has 0 aliphatic carbocycles. The predicted molar refractivity (Wildman–Crippen MR) is 172 cm³/mol. The molecule has 3 aromatic heterocycles. The van der Waals surface area contributed by atoms with Crippen LogP contribution in [0.15, 0.2) is 54.7 Å². The molecule has 0 unspecified atom stereocenters. The lowest BCUT2D eigenvalue weighted by Crippen LogP contribution is -2.44. The number of likely N-dealkylation sites (N-methyl/N-ethyl adjacent to an activating group) is 1. The van der Waals surface area contributed by atoms with Crippen molar-refractivity contribution in [3.05, 3.63) is 65.2 Å². The minimum atomic E-state index is -0.221. The van der Waals surface area contributed by atoms with E-state index in [9.17, 15) is 4.79 Å². The fourth-order valence-electron chi connectivity index (χ4n) is 5.38. The van der Waals surface area contributed by atoms with Gasteiger partial charge in [-0.1, -0.05) is 12.1 Å². The Morgan fingerprint density at radius 3 is 2.49 bits per heavy atom. The number of carbonyl (C=O) groups excluding carboxylic acids is 1. The molecule has 0 spiro atoms. The van der Waals surface area contributed by atoms with Gasteiger partial charge in [0.2, 0.25) is 4.77 Å². The zero-order chi connectivity index (χ0) is 30.1. The average molecular weight is 599 g/mol. The van der Waals surface area contributed by atoms with Gasteiger partial charge in [-0.05, 0) is 55.2 Å². The highest BCUT2D eigenvalue weighted by Gasteiger charge is 2.16. The van der Waals surface area contributed by atoms with Crippen LogP contribution in [0.25, 0.3) is 32.9 Å². The number of aromatic nitrogens is 4. The minimum absolute atomic E-state index is 0.221. The van der Waals surface area contributed by atoms with Crippen molar-refractivity contribution in [2.45, 2.75) is 6.54 Å². The number of aromatic amines is 1. The van der Waals surface area contributed by atoms with Gasteiger partial charge >= 0.3 is 0 Å². The molecule has 1 aliphatic heterocycles. The Labute approximate surface area is 254 Å². The molecule has 0 saturated carbocycles. The van der Waals surface area contributed by atoms with Crippen LogP contribution in [0, 0.1) is 4.77 Å².